The smallest absolute Gasteiger partial charge is 0.290 e. The van der Waals surface area contributed by atoms with Gasteiger partial charge in [0.25, 0.3) is 11.5 Å². The van der Waals surface area contributed by atoms with Crippen LogP contribution in [-0.2, 0) is 32.7 Å². The van der Waals surface area contributed by atoms with Crippen LogP contribution in [0.1, 0.15) is 57.7 Å². The molecule has 1 aliphatic rings. The van der Waals surface area contributed by atoms with Crippen LogP contribution in [0, 0.1) is 13.8 Å². The summed E-state index contributed by atoms with van der Waals surface area (Å²) in [6, 6.07) is 9.44. The third-order valence-electron chi connectivity index (χ3n) is 6.94. The minimum atomic E-state index is -0.302. The highest BCUT2D eigenvalue weighted by Crippen LogP contribution is 2.42. The average molecular weight is 533 g/mol. The summed E-state index contributed by atoms with van der Waals surface area (Å²) < 4.78 is 2.99. The van der Waals surface area contributed by atoms with Crippen LogP contribution in [-0.4, -0.2) is 30.6 Å². The maximum Gasteiger partial charge on any atom is 0.290 e. The maximum atomic E-state index is 13.6. The van der Waals surface area contributed by atoms with E-state index in [9.17, 15) is 14.7 Å². The van der Waals surface area contributed by atoms with Gasteiger partial charge in [0.05, 0.1) is 29.4 Å². The minimum absolute atomic E-state index is 0.0269. The number of hydrogen-bond donors (Lipinski definition) is 2. The molecule has 4 heterocycles. The van der Waals surface area contributed by atoms with E-state index >= 15 is 0 Å². The molecule has 1 amide bonds. The Morgan fingerprint density at radius 3 is 2.39 bits per heavy atom. The van der Waals surface area contributed by atoms with Crippen molar-refractivity contribution in [1.82, 2.24) is 19.6 Å². The van der Waals surface area contributed by atoms with Gasteiger partial charge in [-0.25, -0.2) is 4.68 Å². The minimum Gasteiger partial charge on any atom is -0.392 e. The Balaban J connectivity index is 1.57. The molecule has 5 rings (SSSR count). The highest BCUT2D eigenvalue weighted by atomic mass is 32.1. The lowest BCUT2D eigenvalue weighted by atomic mass is 9.94. The number of amides is 1. The number of rotatable bonds is 5. The van der Waals surface area contributed by atoms with Crippen LogP contribution in [0.15, 0.2) is 35.1 Å². The van der Waals surface area contributed by atoms with Crippen LogP contribution in [0.2, 0.25) is 0 Å². The molecule has 2 N–H and O–H groups in total. The number of aryl methyl sites for hydroxylation is 4. The van der Waals surface area contributed by atoms with Gasteiger partial charge in [-0.15, -0.1) is 11.3 Å². The zero-order valence-corrected chi connectivity index (χ0v) is 23.5. The van der Waals surface area contributed by atoms with Crippen LogP contribution in [0.25, 0.3) is 11.3 Å². The fourth-order valence-corrected chi connectivity index (χ4v) is 5.94. The molecule has 10 heteroatoms. The summed E-state index contributed by atoms with van der Waals surface area (Å²) in [6.45, 7) is 10.5. The maximum absolute atomic E-state index is 13.6. The number of aromatic nitrogens is 4. The molecule has 0 aliphatic carbocycles. The van der Waals surface area contributed by atoms with Gasteiger partial charge in [0.1, 0.15) is 5.69 Å². The van der Waals surface area contributed by atoms with Gasteiger partial charge < -0.3 is 15.3 Å². The van der Waals surface area contributed by atoms with Crippen molar-refractivity contribution in [3.8, 4) is 11.3 Å². The molecular formula is C28H32N6O3S. The van der Waals surface area contributed by atoms with Gasteiger partial charge in [-0.2, -0.15) is 10.2 Å². The van der Waals surface area contributed by atoms with Crippen LogP contribution in [0.5, 0.6) is 0 Å². The number of nitrogens with zero attached hydrogens (tertiary/aromatic N) is 5. The number of aliphatic hydroxyl groups is 1. The summed E-state index contributed by atoms with van der Waals surface area (Å²) in [4.78, 5) is 30.1. The van der Waals surface area contributed by atoms with E-state index in [4.69, 9.17) is 0 Å². The predicted molar refractivity (Wildman–Crippen MR) is 150 cm³/mol. The molecule has 4 aromatic rings. The molecule has 0 spiro atoms. The average Bonchev–Trinajstić information content (AvgIpc) is 3.50. The van der Waals surface area contributed by atoms with Crippen molar-refractivity contribution >= 4 is 34.4 Å². The molecule has 38 heavy (non-hydrogen) atoms. The van der Waals surface area contributed by atoms with Gasteiger partial charge in [-0.3, -0.25) is 14.3 Å². The van der Waals surface area contributed by atoms with Gasteiger partial charge in [0.2, 0.25) is 0 Å². The van der Waals surface area contributed by atoms with Crippen molar-refractivity contribution in [2.24, 2.45) is 14.1 Å². The van der Waals surface area contributed by atoms with Crippen LogP contribution < -0.4 is 15.8 Å². The van der Waals surface area contributed by atoms with Gasteiger partial charge >= 0.3 is 0 Å². The monoisotopic (exact) mass is 532 g/mol. The molecule has 0 saturated carbocycles. The number of benzene rings is 1. The number of aliphatic hydroxyl groups excluding tert-OH is 1. The van der Waals surface area contributed by atoms with Crippen LogP contribution in [0.3, 0.4) is 0 Å². The van der Waals surface area contributed by atoms with Crippen LogP contribution >= 0.6 is 11.3 Å². The fraction of sp³-hybridized carbons (Fsp3) is 0.357. The van der Waals surface area contributed by atoms with E-state index in [1.807, 2.05) is 39.1 Å². The predicted octanol–water partition coefficient (Wildman–Crippen LogP) is 4.55. The molecule has 0 unspecified atom stereocenters. The lowest BCUT2D eigenvalue weighted by Crippen LogP contribution is -2.26. The van der Waals surface area contributed by atoms with E-state index in [1.54, 1.807) is 34.0 Å². The van der Waals surface area contributed by atoms with Crippen molar-refractivity contribution in [2.45, 2.75) is 53.2 Å². The molecule has 0 bridgehead atoms. The van der Waals surface area contributed by atoms with E-state index in [2.05, 4.69) is 42.4 Å². The molecule has 0 atom stereocenters. The molecule has 3 aromatic heterocycles. The zero-order valence-electron chi connectivity index (χ0n) is 22.7. The summed E-state index contributed by atoms with van der Waals surface area (Å²) in [5, 5.41) is 22.5. The lowest BCUT2D eigenvalue weighted by molar-refractivity contribution is 0.0999. The highest BCUT2D eigenvalue weighted by molar-refractivity contribution is 7.14. The van der Waals surface area contributed by atoms with Crippen molar-refractivity contribution in [3.63, 3.8) is 0 Å². The van der Waals surface area contributed by atoms with Crippen molar-refractivity contribution in [1.29, 1.82) is 0 Å². The van der Waals surface area contributed by atoms with Crippen molar-refractivity contribution in [2.75, 3.05) is 10.2 Å². The molecule has 9 nitrogen and oxygen atoms in total. The number of carbonyl (C=O) groups is 1. The first-order chi connectivity index (χ1) is 17.9. The first-order valence-electron chi connectivity index (χ1n) is 12.4. The first kappa shape index (κ1) is 25.9. The number of carbonyl (C=O) groups excluding carboxylic acids is 1. The van der Waals surface area contributed by atoms with Gasteiger partial charge in [-0.05, 0) is 42.5 Å². The summed E-state index contributed by atoms with van der Waals surface area (Å²) in [6.07, 6.45) is 0. The van der Waals surface area contributed by atoms with Crippen molar-refractivity contribution in [3.05, 3.63) is 72.8 Å². The second-order valence-corrected chi connectivity index (χ2v) is 11.9. The number of fused-ring (bicyclic) bond motifs is 1. The van der Waals surface area contributed by atoms with Crippen molar-refractivity contribution < 1.29 is 9.90 Å². The van der Waals surface area contributed by atoms with E-state index in [-0.39, 0.29) is 23.5 Å². The molecule has 0 fully saturated rings. The zero-order chi connectivity index (χ0) is 27.5. The van der Waals surface area contributed by atoms with E-state index in [0.717, 1.165) is 21.7 Å². The van der Waals surface area contributed by atoms with Gasteiger partial charge in [-0.1, -0.05) is 32.9 Å². The van der Waals surface area contributed by atoms with E-state index < -0.39 is 0 Å². The Morgan fingerprint density at radius 2 is 1.79 bits per heavy atom. The topological polar surface area (TPSA) is 105 Å². The molecule has 1 aliphatic heterocycles. The van der Waals surface area contributed by atoms with E-state index in [1.165, 1.54) is 9.56 Å². The third kappa shape index (κ3) is 4.33. The Labute approximate surface area is 225 Å². The van der Waals surface area contributed by atoms with Gasteiger partial charge in [0, 0.05) is 41.9 Å². The van der Waals surface area contributed by atoms with E-state index in [0.29, 0.717) is 40.6 Å². The normalized spacial score (nSPS) is 13.4. The number of hydrogen-bond acceptors (Lipinski definition) is 7. The fourth-order valence-electron chi connectivity index (χ4n) is 4.76. The van der Waals surface area contributed by atoms with Crippen LogP contribution in [0.4, 0.5) is 17.2 Å². The summed E-state index contributed by atoms with van der Waals surface area (Å²) in [7, 11) is 3.42. The largest absolute Gasteiger partial charge is 0.392 e. The standard InChI is InChI=1S/C28H32N6O3S/c1-15-8-9-18(20-12-21(26(36)33(7)30-20)29-23-10-16(2)32(6)31-23)19(14-35)24(15)34-13-17-11-22(28(3,4)5)38-25(17)27(34)37/h8-12,35H,13-14H2,1-7H3,(H,29,31). The first-order valence-corrected chi connectivity index (χ1v) is 13.3. The second-order valence-electron chi connectivity index (χ2n) is 10.8. The highest BCUT2D eigenvalue weighted by Gasteiger charge is 2.35. The Kier molecular flexibility index (Phi) is 6.27. The number of thiophene rings is 1. The summed E-state index contributed by atoms with van der Waals surface area (Å²) in [5.41, 5.74) is 5.26. The Hall–Kier alpha value is -3.76. The molecular weight excluding hydrogens is 500 g/mol. The number of nitrogens with one attached hydrogen (secondary N) is 1. The summed E-state index contributed by atoms with van der Waals surface area (Å²) in [5.74, 6) is 0.492. The molecule has 1 aromatic carbocycles. The molecule has 0 radical (unpaired) electrons. The Morgan fingerprint density at radius 1 is 1.05 bits per heavy atom. The van der Waals surface area contributed by atoms with Gasteiger partial charge in [0.15, 0.2) is 5.82 Å². The summed E-state index contributed by atoms with van der Waals surface area (Å²) >= 11 is 1.54. The second kappa shape index (κ2) is 9.21. The molecule has 0 saturated heterocycles. The number of anilines is 3. The third-order valence-corrected chi connectivity index (χ3v) is 8.54. The quantitative estimate of drug-likeness (QED) is 0.391. The lowest BCUT2D eigenvalue weighted by Gasteiger charge is -2.24. The Bertz CT molecular complexity index is 1620. The molecule has 198 valence electrons. The SMILES string of the molecule is Cc1ccc(-c2cc(Nc3cc(C)n(C)n3)c(=O)n(C)n2)c(CO)c1N1Cc2cc(C(C)(C)C)sc2C1=O.